The summed E-state index contributed by atoms with van der Waals surface area (Å²) in [6.45, 7) is 0.0658. The van der Waals surface area contributed by atoms with Crippen LogP contribution in [0, 0.1) is 5.82 Å². The molecule has 0 radical (unpaired) electrons. The lowest BCUT2D eigenvalue weighted by Crippen LogP contribution is -2.21. The molecule has 0 aliphatic carbocycles. The van der Waals surface area contributed by atoms with Gasteiger partial charge in [-0.25, -0.2) is 9.18 Å². The zero-order valence-corrected chi connectivity index (χ0v) is 10.3. The third-order valence-electron chi connectivity index (χ3n) is 2.70. The zero-order chi connectivity index (χ0) is 13.8. The van der Waals surface area contributed by atoms with E-state index in [0.717, 1.165) is 0 Å². The molecule has 5 heteroatoms. The fraction of sp³-hybridized carbons (Fsp3) is 0.143. The van der Waals surface area contributed by atoms with Gasteiger partial charge in [-0.3, -0.25) is 4.79 Å². The molecule has 98 valence electrons. The van der Waals surface area contributed by atoms with Gasteiger partial charge in [-0.15, -0.1) is 0 Å². The average Bonchev–Trinajstić information content (AvgIpc) is 2.42. The van der Waals surface area contributed by atoms with Crippen molar-refractivity contribution in [2.24, 2.45) is 0 Å². The third-order valence-corrected chi connectivity index (χ3v) is 2.70. The molecule has 2 aromatic rings. The highest BCUT2D eigenvalue weighted by Gasteiger charge is 2.09. The average molecular weight is 261 g/mol. The van der Waals surface area contributed by atoms with Crippen molar-refractivity contribution < 1.29 is 13.9 Å². The van der Waals surface area contributed by atoms with Crippen LogP contribution in [0.15, 0.2) is 47.4 Å². The van der Waals surface area contributed by atoms with Crippen LogP contribution in [0.1, 0.15) is 15.9 Å². The lowest BCUT2D eigenvalue weighted by molar-refractivity contribution is 0.0599. The third kappa shape index (κ3) is 2.88. The van der Waals surface area contributed by atoms with Gasteiger partial charge in [-0.2, -0.15) is 0 Å². The number of aromatic nitrogens is 1. The van der Waals surface area contributed by atoms with E-state index in [2.05, 4.69) is 4.74 Å². The summed E-state index contributed by atoms with van der Waals surface area (Å²) in [6, 6.07) is 8.82. The lowest BCUT2D eigenvalue weighted by Gasteiger charge is -2.08. The van der Waals surface area contributed by atoms with Crippen LogP contribution < -0.4 is 5.56 Å². The van der Waals surface area contributed by atoms with Crippen molar-refractivity contribution in [1.29, 1.82) is 0 Å². The Labute approximate surface area is 109 Å². The van der Waals surface area contributed by atoms with Gasteiger partial charge in [0, 0.05) is 17.8 Å². The Morgan fingerprint density at radius 3 is 2.68 bits per heavy atom. The minimum absolute atomic E-state index is 0.0658. The Balaban J connectivity index is 2.37. The van der Waals surface area contributed by atoms with Crippen LogP contribution in [0.5, 0.6) is 0 Å². The summed E-state index contributed by atoms with van der Waals surface area (Å²) in [5, 5.41) is 0. The SMILES string of the molecule is COC(=O)c1ccc(=O)n(Cc2ccccc2F)c1. The molecule has 0 aliphatic heterocycles. The molecule has 0 aliphatic rings. The maximum atomic E-state index is 13.5. The fourth-order valence-electron chi connectivity index (χ4n) is 1.70. The van der Waals surface area contributed by atoms with Crippen molar-refractivity contribution in [2.75, 3.05) is 7.11 Å². The first-order valence-electron chi connectivity index (χ1n) is 5.64. The number of halogens is 1. The molecule has 0 spiro atoms. The first-order valence-corrected chi connectivity index (χ1v) is 5.64. The molecule has 19 heavy (non-hydrogen) atoms. The molecule has 0 N–H and O–H groups in total. The number of carbonyl (C=O) groups excluding carboxylic acids is 1. The molecule has 4 nitrogen and oxygen atoms in total. The molecule has 0 saturated heterocycles. The molecule has 0 atom stereocenters. The molecule has 1 aromatic heterocycles. The van der Waals surface area contributed by atoms with Gasteiger partial charge in [0.2, 0.25) is 0 Å². The van der Waals surface area contributed by atoms with Crippen LogP contribution in [0.4, 0.5) is 4.39 Å². The van der Waals surface area contributed by atoms with Crippen LogP contribution >= 0.6 is 0 Å². The molecular formula is C14H12FNO3. The van der Waals surface area contributed by atoms with E-state index in [9.17, 15) is 14.0 Å². The van der Waals surface area contributed by atoms with Crippen LogP contribution in [0.25, 0.3) is 0 Å². The lowest BCUT2D eigenvalue weighted by atomic mass is 10.2. The summed E-state index contributed by atoms with van der Waals surface area (Å²) >= 11 is 0. The molecule has 1 heterocycles. The molecule has 0 amide bonds. The maximum Gasteiger partial charge on any atom is 0.339 e. The predicted octanol–water partition coefficient (Wildman–Crippen LogP) is 1.82. The number of hydrogen-bond acceptors (Lipinski definition) is 3. The quantitative estimate of drug-likeness (QED) is 0.792. The Kier molecular flexibility index (Phi) is 3.75. The Morgan fingerprint density at radius 1 is 1.26 bits per heavy atom. The monoisotopic (exact) mass is 261 g/mol. The number of rotatable bonds is 3. The van der Waals surface area contributed by atoms with Gasteiger partial charge >= 0.3 is 5.97 Å². The second kappa shape index (κ2) is 5.48. The second-order valence-electron chi connectivity index (χ2n) is 3.97. The standard InChI is InChI=1S/C14H12FNO3/c1-19-14(18)11-6-7-13(17)16(9-11)8-10-4-2-3-5-12(10)15/h2-7,9H,8H2,1H3. The summed E-state index contributed by atoms with van der Waals surface area (Å²) < 4.78 is 19.4. The highest BCUT2D eigenvalue weighted by molar-refractivity contribution is 5.88. The molecule has 0 fully saturated rings. The van der Waals surface area contributed by atoms with Crippen molar-refractivity contribution >= 4 is 5.97 Å². The van der Waals surface area contributed by atoms with Crippen LogP contribution in [-0.2, 0) is 11.3 Å². The summed E-state index contributed by atoms with van der Waals surface area (Å²) in [5.74, 6) is -0.930. The molecule has 0 bridgehead atoms. The maximum absolute atomic E-state index is 13.5. The van der Waals surface area contributed by atoms with E-state index in [0.29, 0.717) is 5.56 Å². The van der Waals surface area contributed by atoms with Gasteiger partial charge in [0.05, 0.1) is 19.2 Å². The number of esters is 1. The molecule has 1 aromatic carbocycles. The van der Waals surface area contributed by atoms with Crippen molar-refractivity contribution in [3.8, 4) is 0 Å². The van der Waals surface area contributed by atoms with Crippen LogP contribution in [0.3, 0.4) is 0 Å². The largest absolute Gasteiger partial charge is 0.465 e. The summed E-state index contributed by atoms with van der Waals surface area (Å²) in [5.41, 5.74) is 0.320. The summed E-state index contributed by atoms with van der Waals surface area (Å²) in [6.07, 6.45) is 1.36. The predicted molar refractivity (Wildman–Crippen MR) is 67.5 cm³/mol. The number of hydrogen-bond donors (Lipinski definition) is 0. The van der Waals surface area contributed by atoms with Crippen molar-refractivity contribution in [1.82, 2.24) is 4.57 Å². The van der Waals surface area contributed by atoms with Gasteiger partial charge in [0.15, 0.2) is 0 Å². The second-order valence-corrected chi connectivity index (χ2v) is 3.97. The molecular weight excluding hydrogens is 249 g/mol. The number of pyridine rings is 1. The minimum atomic E-state index is -0.540. The molecule has 0 unspecified atom stereocenters. The van der Waals surface area contributed by atoms with Crippen molar-refractivity contribution in [3.63, 3.8) is 0 Å². The number of nitrogens with zero attached hydrogens (tertiary/aromatic N) is 1. The number of methoxy groups -OCH3 is 1. The zero-order valence-electron chi connectivity index (χ0n) is 10.3. The van der Waals surface area contributed by atoms with E-state index in [1.807, 2.05) is 0 Å². The summed E-state index contributed by atoms with van der Waals surface area (Å²) in [4.78, 5) is 23.1. The topological polar surface area (TPSA) is 48.3 Å². The van der Waals surface area contributed by atoms with Gasteiger partial charge < -0.3 is 9.30 Å². The Hall–Kier alpha value is -2.43. The van der Waals surface area contributed by atoms with Gasteiger partial charge in [0.25, 0.3) is 5.56 Å². The van der Waals surface area contributed by atoms with E-state index in [1.165, 1.54) is 36.1 Å². The Bertz CT molecular complexity index is 664. The number of carbonyl (C=O) groups is 1. The van der Waals surface area contributed by atoms with Crippen LogP contribution in [0.2, 0.25) is 0 Å². The highest BCUT2D eigenvalue weighted by atomic mass is 19.1. The normalized spacial score (nSPS) is 10.2. The van der Waals surface area contributed by atoms with Gasteiger partial charge in [0.1, 0.15) is 5.82 Å². The van der Waals surface area contributed by atoms with Gasteiger partial charge in [-0.1, -0.05) is 18.2 Å². The fourth-order valence-corrected chi connectivity index (χ4v) is 1.70. The first kappa shape index (κ1) is 13.0. The minimum Gasteiger partial charge on any atom is -0.465 e. The van der Waals surface area contributed by atoms with E-state index < -0.39 is 11.8 Å². The smallest absolute Gasteiger partial charge is 0.339 e. The number of ether oxygens (including phenoxy) is 1. The van der Waals surface area contributed by atoms with E-state index in [1.54, 1.807) is 18.2 Å². The van der Waals surface area contributed by atoms with E-state index >= 15 is 0 Å². The van der Waals surface area contributed by atoms with E-state index in [4.69, 9.17) is 0 Å². The summed E-state index contributed by atoms with van der Waals surface area (Å²) in [7, 11) is 1.26. The highest BCUT2D eigenvalue weighted by Crippen LogP contribution is 2.08. The van der Waals surface area contributed by atoms with Crippen molar-refractivity contribution in [3.05, 3.63) is 69.9 Å². The molecule has 0 saturated carbocycles. The first-order chi connectivity index (χ1) is 9.11. The number of benzene rings is 1. The van der Waals surface area contributed by atoms with E-state index in [-0.39, 0.29) is 17.7 Å². The van der Waals surface area contributed by atoms with Crippen molar-refractivity contribution in [2.45, 2.75) is 6.54 Å². The van der Waals surface area contributed by atoms with Gasteiger partial charge in [-0.05, 0) is 12.1 Å². The molecule has 2 rings (SSSR count). The van der Waals surface area contributed by atoms with Crippen LogP contribution in [-0.4, -0.2) is 17.6 Å². The Morgan fingerprint density at radius 2 is 2.00 bits per heavy atom.